The third-order valence-electron chi connectivity index (χ3n) is 2.93. The summed E-state index contributed by atoms with van der Waals surface area (Å²) in [5.41, 5.74) is 7.33. The molecule has 0 aliphatic rings. The highest BCUT2D eigenvalue weighted by Gasteiger charge is 2.03. The summed E-state index contributed by atoms with van der Waals surface area (Å²) in [4.78, 5) is 11.7. The summed E-state index contributed by atoms with van der Waals surface area (Å²) in [6.45, 7) is 4.88. The molecular weight excluding hydrogens is 268 g/mol. The Morgan fingerprint density at radius 1 is 1.19 bits per heavy atom. The van der Waals surface area contributed by atoms with Crippen molar-refractivity contribution in [2.75, 3.05) is 31.7 Å². The van der Waals surface area contributed by atoms with Crippen molar-refractivity contribution in [1.29, 1.82) is 0 Å². The highest BCUT2D eigenvalue weighted by Crippen LogP contribution is 2.10. The van der Waals surface area contributed by atoms with Gasteiger partial charge in [0.2, 0.25) is 5.91 Å². The van der Waals surface area contributed by atoms with Gasteiger partial charge in [0.05, 0.1) is 26.2 Å². The number of amides is 1. The van der Waals surface area contributed by atoms with Gasteiger partial charge in [0, 0.05) is 18.8 Å². The van der Waals surface area contributed by atoms with Crippen molar-refractivity contribution in [1.82, 2.24) is 0 Å². The van der Waals surface area contributed by atoms with Crippen LogP contribution in [0.25, 0.3) is 0 Å². The quantitative estimate of drug-likeness (QED) is 0.614. The van der Waals surface area contributed by atoms with Crippen LogP contribution in [0.1, 0.15) is 31.7 Å². The van der Waals surface area contributed by atoms with Gasteiger partial charge in [-0.25, -0.2) is 0 Å². The first-order valence-corrected chi connectivity index (χ1v) is 7.50. The molecule has 0 atom stereocenters. The fourth-order valence-electron chi connectivity index (χ4n) is 1.73. The van der Waals surface area contributed by atoms with Crippen LogP contribution in [0.2, 0.25) is 0 Å². The number of anilines is 1. The molecule has 21 heavy (non-hydrogen) atoms. The van der Waals surface area contributed by atoms with E-state index in [4.69, 9.17) is 15.2 Å². The summed E-state index contributed by atoms with van der Waals surface area (Å²) >= 11 is 0. The van der Waals surface area contributed by atoms with Crippen LogP contribution in [0.3, 0.4) is 0 Å². The van der Waals surface area contributed by atoms with Gasteiger partial charge in [0.1, 0.15) is 0 Å². The first-order chi connectivity index (χ1) is 10.3. The van der Waals surface area contributed by atoms with Crippen LogP contribution >= 0.6 is 0 Å². The molecule has 0 heterocycles. The van der Waals surface area contributed by atoms with Gasteiger partial charge in [0.15, 0.2) is 0 Å². The predicted molar refractivity (Wildman–Crippen MR) is 84.1 cm³/mol. The molecule has 0 fully saturated rings. The lowest BCUT2D eigenvalue weighted by Crippen LogP contribution is -2.15. The Hall–Kier alpha value is -1.43. The lowest BCUT2D eigenvalue weighted by Gasteiger charge is -2.07. The number of carbonyl (C=O) groups is 1. The molecule has 0 radical (unpaired) electrons. The molecule has 0 aliphatic heterocycles. The van der Waals surface area contributed by atoms with Crippen molar-refractivity contribution < 1.29 is 14.3 Å². The zero-order valence-electron chi connectivity index (χ0n) is 12.8. The molecule has 1 aromatic carbocycles. The normalized spacial score (nSPS) is 10.6. The van der Waals surface area contributed by atoms with Crippen LogP contribution in [0.4, 0.5) is 5.69 Å². The molecule has 118 valence electrons. The number of nitrogens with one attached hydrogen (secondary N) is 1. The highest BCUT2D eigenvalue weighted by atomic mass is 16.5. The Morgan fingerprint density at radius 3 is 2.67 bits per heavy atom. The van der Waals surface area contributed by atoms with Crippen molar-refractivity contribution in [3.63, 3.8) is 0 Å². The van der Waals surface area contributed by atoms with E-state index < -0.39 is 0 Å². The number of unbranched alkanes of at least 4 members (excludes halogenated alkanes) is 1. The van der Waals surface area contributed by atoms with Crippen molar-refractivity contribution in [3.8, 4) is 0 Å². The Balaban J connectivity index is 2.08. The summed E-state index contributed by atoms with van der Waals surface area (Å²) < 4.78 is 10.7. The van der Waals surface area contributed by atoms with Gasteiger partial charge in [0.25, 0.3) is 0 Å². The summed E-state index contributed by atoms with van der Waals surface area (Å²) in [6, 6.07) is 7.53. The SMILES string of the molecule is CCCCOCCOCCC(=O)Nc1cccc(CN)c1. The average molecular weight is 294 g/mol. The van der Waals surface area contributed by atoms with E-state index in [9.17, 15) is 4.79 Å². The highest BCUT2D eigenvalue weighted by molar-refractivity contribution is 5.90. The zero-order chi connectivity index (χ0) is 15.3. The molecule has 1 amide bonds. The number of rotatable bonds is 11. The van der Waals surface area contributed by atoms with Gasteiger partial charge < -0.3 is 20.5 Å². The van der Waals surface area contributed by atoms with Gasteiger partial charge in [-0.3, -0.25) is 4.79 Å². The van der Waals surface area contributed by atoms with Gasteiger partial charge in [-0.2, -0.15) is 0 Å². The zero-order valence-corrected chi connectivity index (χ0v) is 12.8. The second kappa shape index (κ2) is 11.3. The maximum Gasteiger partial charge on any atom is 0.226 e. The summed E-state index contributed by atoms with van der Waals surface area (Å²) in [7, 11) is 0. The average Bonchev–Trinajstić information content (AvgIpc) is 2.50. The molecule has 1 rings (SSSR count). The van der Waals surface area contributed by atoms with E-state index >= 15 is 0 Å². The van der Waals surface area contributed by atoms with Crippen LogP contribution in [0.15, 0.2) is 24.3 Å². The van der Waals surface area contributed by atoms with Crippen LogP contribution in [-0.4, -0.2) is 32.3 Å². The van der Waals surface area contributed by atoms with Crippen LogP contribution in [0, 0.1) is 0 Å². The predicted octanol–water partition coefficient (Wildman–Crippen LogP) is 2.31. The molecule has 0 aliphatic carbocycles. The summed E-state index contributed by atoms with van der Waals surface area (Å²) in [5, 5.41) is 2.83. The van der Waals surface area contributed by atoms with E-state index in [2.05, 4.69) is 12.2 Å². The molecule has 0 spiro atoms. The van der Waals surface area contributed by atoms with Crippen LogP contribution < -0.4 is 11.1 Å². The van der Waals surface area contributed by atoms with Crippen LogP contribution in [-0.2, 0) is 20.8 Å². The second-order valence-electron chi connectivity index (χ2n) is 4.78. The number of ether oxygens (including phenoxy) is 2. The molecule has 0 saturated carbocycles. The molecule has 3 N–H and O–H groups in total. The fraction of sp³-hybridized carbons (Fsp3) is 0.562. The molecule has 5 nitrogen and oxygen atoms in total. The van der Waals surface area contributed by atoms with E-state index in [1.165, 1.54) is 0 Å². The van der Waals surface area contributed by atoms with Crippen molar-refractivity contribution in [3.05, 3.63) is 29.8 Å². The van der Waals surface area contributed by atoms with Gasteiger partial charge >= 0.3 is 0 Å². The Bertz CT molecular complexity index is 410. The van der Waals surface area contributed by atoms with Crippen molar-refractivity contribution >= 4 is 11.6 Å². The van der Waals surface area contributed by atoms with Crippen molar-refractivity contribution in [2.24, 2.45) is 5.73 Å². The van der Waals surface area contributed by atoms with E-state index in [0.29, 0.717) is 32.8 Å². The van der Waals surface area contributed by atoms with E-state index in [1.807, 2.05) is 24.3 Å². The number of benzene rings is 1. The van der Waals surface area contributed by atoms with E-state index in [1.54, 1.807) is 0 Å². The molecule has 0 aromatic heterocycles. The van der Waals surface area contributed by atoms with E-state index in [0.717, 1.165) is 30.7 Å². The van der Waals surface area contributed by atoms with Crippen molar-refractivity contribution in [2.45, 2.75) is 32.7 Å². The maximum absolute atomic E-state index is 11.7. The fourth-order valence-corrected chi connectivity index (χ4v) is 1.73. The molecule has 0 unspecified atom stereocenters. The Morgan fingerprint density at radius 2 is 1.95 bits per heavy atom. The molecule has 1 aromatic rings. The minimum atomic E-state index is -0.0592. The monoisotopic (exact) mass is 294 g/mol. The lowest BCUT2D eigenvalue weighted by molar-refractivity contribution is -0.117. The minimum absolute atomic E-state index is 0.0592. The molecular formula is C16H26N2O3. The first kappa shape index (κ1) is 17.6. The number of carbonyl (C=O) groups excluding carboxylic acids is 1. The molecule has 5 heteroatoms. The largest absolute Gasteiger partial charge is 0.379 e. The molecule has 0 saturated heterocycles. The van der Waals surface area contributed by atoms with Crippen LogP contribution in [0.5, 0.6) is 0 Å². The third kappa shape index (κ3) is 8.45. The minimum Gasteiger partial charge on any atom is -0.379 e. The number of nitrogens with two attached hydrogens (primary N) is 1. The molecule has 0 bridgehead atoms. The van der Waals surface area contributed by atoms with Gasteiger partial charge in [-0.1, -0.05) is 25.5 Å². The second-order valence-corrected chi connectivity index (χ2v) is 4.78. The lowest BCUT2D eigenvalue weighted by atomic mass is 10.2. The summed E-state index contributed by atoms with van der Waals surface area (Å²) in [5.74, 6) is -0.0592. The van der Waals surface area contributed by atoms with Gasteiger partial charge in [-0.05, 0) is 24.1 Å². The standard InChI is InChI=1S/C16H26N2O3/c1-2-3-8-20-10-11-21-9-7-16(19)18-15-6-4-5-14(12-15)13-17/h4-6,12H,2-3,7-11,13,17H2,1H3,(H,18,19). The smallest absolute Gasteiger partial charge is 0.226 e. The number of hydrogen-bond donors (Lipinski definition) is 2. The Kier molecular flexibility index (Phi) is 9.44. The third-order valence-corrected chi connectivity index (χ3v) is 2.93. The van der Waals surface area contributed by atoms with E-state index in [-0.39, 0.29) is 5.91 Å². The topological polar surface area (TPSA) is 73.6 Å². The maximum atomic E-state index is 11.7. The Labute approximate surface area is 126 Å². The number of hydrogen-bond acceptors (Lipinski definition) is 4. The van der Waals surface area contributed by atoms with Gasteiger partial charge in [-0.15, -0.1) is 0 Å². The summed E-state index contributed by atoms with van der Waals surface area (Å²) in [6.07, 6.45) is 2.54. The first-order valence-electron chi connectivity index (χ1n) is 7.50.